The van der Waals surface area contributed by atoms with E-state index in [2.05, 4.69) is 47.1 Å². The summed E-state index contributed by atoms with van der Waals surface area (Å²) < 4.78 is 10.6. The van der Waals surface area contributed by atoms with Crippen molar-refractivity contribution in [1.82, 2.24) is 15.1 Å². The highest BCUT2D eigenvalue weighted by molar-refractivity contribution is 5.79. The van der Waals surface area contributed by atoms with Crippen LogP contribution in [-0.4, -0.2) is 61.4 Å². The summed E-state index contributed by atoms with van der Waals surface area (Å²) in [5, 5.41) is 8.92. The molecule has 7 nitrogen and oxygen atoms in total. The molecular formula is C26H30N4O3. The predicted octanol–water partition coefficient (Wildman–Crippen LogP) is 3.67. The van der Waals surface area contributed by atoms with Gasteiger partial charge >= 0.3 is 0 Å². The second kappa shape index (κ2) is 9.90. The number of hydrogen-bond donors (Lipinski definition) is 0. The van der Waals surface area contributed by atoms with E-state index < -0.39 is 0 Å². The number of piperazine rings is 1. The average molecular weight is 447 g/mol. The molecule has 2 aromatic carbocycles. The van der Waals surface area contributed by atoms with Crippen LogP contribution in [0.25, 0.3) is 11.3 Å². The van der Waals surface area contributed by atoms with Gasteiger partial charge in [-0.2, -0.15) is 0 Å². The molecule has 172 valence electrons. The molecule has 0 atom stereocenters. The number of rotatable bonds is 6. The zero-order valence-electron chi connectivity index (χ0n) is 19.7. The third-order valence-corrected chi connectivity index (χ3v) is 6.07. The zero-order valence-corrected chi connectivity index (χ0v) is 19.7. The van der Waals surface area contributed by atoms with Crippen molar-refractivity contribution in [2.75, 3.05) is 45.3 Å². The van der Waals surface area contributed by atoms with Gasteiger partial charge in [0.1, 0.15) is 0 Å². The lowest BCUT2D eigenvalue weighted by atomic mass is 10.0. The van der Waals surface area contributed by atoms with E-state index in [0.29, 0.717) is 31.0 Å². The van der Waals surface area contributed by atoms with Crippen molar-refractivity contribution < 1.29 is 14.3 Å². The van der Waals surface area contributed by atoms with Gasteiger partial charge in [-0.3, -0.25) is 4.79 Å². The molecule has 4 rings (SSSR count). The molecule has 0 radical (unpaired) electrons. The maximum absolute atomic E-state index is 12.8. The van der Waals surface area contributed by atoms with E-state index >= 15 is 0 Å². The van der Waals surface area contributed by atoms with Gasteiger partial charge in [-0.05, 0) is 49.2 Å². The molecule has 2 heterocycles. The summed E-state index contributed by atoms with van der Waals surface area (Å²) in [6.45, 7) is 6.96. The normalized spacial score (nSPS) is 13.7. The first-order valence-corrected chi connectivity index (χ1v) is 11.1. The molecule has 0 N–H and O–H groups in total. The predicted molar refractivity (Wildman–Crippen MR) is 129 cm³/mol. The molecule has 0 bridgehead atoms. The quantitative estimate of drug-likeness (QED) is 0.576. The van der Waals surface area contributed by atoms with Crippen molar-refractivity contribution in [1.29, 1.82) is 0 Å². The zero-order chi connectivity index (χ0) is 23.4. The SMILES string of the molecule is COc1ccc(CC(=O)N2CCN(c3ccc(-c4ccc(C)cc4C)nn3)CC2)cc1OC. The highest BCUT2D eigenvalue weighted by atomic mass is 16.5. The molecule has 0 aliphatic carbocycles. The molecule has 3 aromatic rings. The largest absolute Gasteiger partial charge is 0.493 e. The van der Waals surface area contributed by atoms with Crippen molar-refractivity contribution in [3.05, 3.63) is 65.2 Å². The van der Waals surface area contributed by atoms with E-state index in [-0.39, 0.29) is 5.91 Å². The fraction of sp³-hybridized carbons (Fsp3) is 0.346. The molecule has 0 spiro atoms. The Bertz CT molecular complexity index is 1120. The van der Waals surface area contributed by atoms with Crippen molar-refractivity contribution in [3.8, 4) is 22.8 Å². The number of amides is 1. The van der Waals surface area contributed by atoms with Crippen LogP contribution in [0.2, 0.25) is 0 Å². The van der Waals surface area contributed by atoms with E-state index in [1.807, 2.05) is 35.2 Å². The number of anilines is 1. The molecular weight excluding hydrogens is 416 g/mol. The fourth-order valence-electron chi connectivity index (χ4n) is 4.20. The highest BCUT2D eigenvalue weighted by Gasteiger charge is 2.22. The number of ether oxygens (including phenoxy) is 2. The Morgan fingerprint density at radius 3 is 2.27 bits per heavy atom. The monoisotopic (exact) mass is 446 g/mol. The number of methoxy groups -OCH3 is 2. The Morgan fingerprint density at radius 2 is 1.64 bits per heavy atom. The second-order valence-corrected chi connectivity index (χ2v) is 8.33. The van der Waals surface area contributed by atoms with Crippen LogP contribution in [0, 0.1) is 13.8 Å². The van der Waals surface area contributed by atoms with Gasteiger partial charge in [-0.25, -0.2) is 0 Å². The summed E-state index contributed by atoms with van der Waals surface area (Å²) in [4.78, 5) is 16.9. The van der Waals surface area contributed by atoms with Gasteiger partial charge in [0.05, 0.1) is 26.3 Å². The molecule has 33 heavy (non-hydrogen) atoms. The molecule has 1 aromatic heterocycles. The Hall–Kier alpha value is -3.61. The lowest BCUT2D eigenvalue weighted by Crippen LogP contribution is -2.49. The van der Waals surface area contributed by atoms with Crippen LogP contribution in [0.4, 0.5) is 5.82 Å². The lowest BCUT2D eigenvalue weighted by Gasteiger charge is -2.35. The van der Waals surface area contributed by atoms with Gasteiger partial charge in [0, 0.05) is 31.7 Å². The number of aryl methyl sites for hydroxylation is 2. The minimum Gasteiger partial charge on any atom is -0.493 e. The third-order valence-electron chi connectivity index (χ3n) is 6.07. The van der Waals surface area contributed by atoms with E-state index in [9.17, 15) is 4.79 Å². The van der Waals surface area contributed by atoms with Crippen molar-refractivity contribution in [2.45, 2.75) is 20.3 Å². The van der Waals surface area contributed by atoms with Gasteiger partial charge in [-0.1, -0.05) is 29.8 Å². The highest BCUT2D eigenvalue weighted by Crippen LogP contribution is 2.28. The van der Waals surface area contributed by atoms with Crippen molar-refractivity contribution in [2.24, 2.45) is 0 Å². The Kier molecular flexibility index (Phi) is 6.77. The van der Waals surface area contributed by atoms with Gasteiger partial charge < -0.3 is 19.3 Å². The Labute approximate surface area is 195 Å². The minimum atomic E-state index is 0.109. The first-order valence-electron chi connectivity index (χ1n) is 11.1. The van der Waals surface area contributed by atoms with Gasteiger partial charge in [0.15, 0.2) is 17.3 Å². The van der Waals surface area contributed by atoms with Crippen LogP contribution < -0.4 is 14.4 Å². The van der Waals surface area contributed by atoms with Crippen LogP contribution >= 0.6 is 0 Å². The van der Waals surface area contributed by atoms with Crippen LogP contribution in [0.3, 0.4) is 0 Å². The van der Waals surface area contributed by atoms with E-state index in [1.54, 1.807) is 14.2 Å². The summed E-state index contributed by atoms with van der Waals surface area (Å²) >= 11 is 0. The molecule has 1 fully saturated rings. The number of hydrogen-bond acceptors (Lipinski definition) is 6. The number of benzene rings is 2. The number of carbonyl (C=O) groups is 1. The molecule has 1 amide bonds. The summed E-state index contributed by atoms with van der Waals surface area (Å²) in [6.07, 6.45) is 0.338. The average Bonchev–Trinajstić information content (AvgIpc) is 2.84. The first-order chi connectivity index (χ1) is 16.0. The van der Waals surface area contributed by atoms with Crippen molar-refractivity contribution in [3.63, 3.8) is 0 Å². The Balaban J connectivity index is 1.35. The second-order valence-electron chi connectivity index (χ2n) is 8.33. The van der Waals surface area contributed by atoms with E-state index in [0.717, 1.165) is 35.7 Å². The van der Waals surface area contributed by atoms with E-state index in [1.165, 1.54) is 11.1 Å². The molecule has 1 aliphatic heterocycles. The molecule has 7 heteroatoms. The number of nitrogens with zero attached hydrogens (tertiary/aromatic N) is 4. The van der Waals surface area contributed by atoms with E-state index in [4.69, 9.17) is 9.47 Å². The lowest BCUT2D eigenvalue weighted by molar-refractivity contribution is -0.130. The molecule has 0 saturated carbocycles. The maximum Gasteiger partial charge on any atom is 0.227 e. The third kappa shape index (κ3) is 5.08. The van der Waals surface area contributed by atoms with Crippen LogP contribution in [-0.2, 0) is 11.2 Å². The smallest absolute Gasteiger partial charge is 0.227 e. The topological polar surface area (TPSA) is 67.8 Å². The number of aromatic nitrogens is 2. The van der Waals surface area contributed by atoms with Crippen LogP contribution in [0.15, 0.2) is 48.5 Å². The molecule has 1 aliphatic rings. The summed E-state index contributed by atoms with van der Waals surface area (Å²) in [5.41, 5.74) is 5.32. The van der Waals surface area contributed by atoms with Crippen molar-refractivity contribution >= 4 is 11.7 Å². The van der Waals surface area contributed by atoms with Gasteiger partial charge in [0.25, 0.3) is 0 Å². The Morgan fingerprint density at radius 1 is 0.879 bits per heavy atom. The fourth-order valence-corrected chi connectivity index (χ4v) is 4.20. The molecule has 1 saturated heterocycles. The molecule has 0 unspecified atom stereocenters. The van der Waals surface area contributed by atoms with Crippen LogP contribution in [0.5, 0.6) is 11.5 Å². The van der Waals surface area contributed by atoms with Gasteiger partial charge in [-0.15, -0.1) is 10.2 Å². The maximum atomic E-state index is 12.8. The first kappa shape index (κ1) is 22.6. The van der Waals surface area contributed by atoms with Gasteiger partial charge in [0.2, 0.25) is 5.91 Å². The summed E-state index contributed by atoms with van der Waals surface area (Å²) in [5.74, 6) is 2.25. The standard InChI is InChI=1S/C26H30N4O3/c1-18-5-7-21(19(2)15-18)22-8-10-25(28-27-22)29-11-13-30(14-12-29)26(31)17-20-6-9-23(32-3)24(16-20)33-4/h5-10,15-16H,11-14,17H2,1-4H3. The van der Waals surface area contributed by atoms with Crippen LogP contribution in [0.1, 0.15) is 16.7 Å². The summed E-state index contributed by atoms with van der Waals surface area (Å²) in [7, 11) is 3.20. The number of carbonyl (C=O) groups excluding carboxylic acids is 1. The summed E-state index contributed by atoms with van der Waals surface area (Å²) in [6, 6.07) is 16.0. The minimum absolute atomic E-state index is 0.109.